The van der Waals surface area contributed by atoms with Gasteiger partial charge in [0.05, 0.1) is 28.6 Å². The number of carbonyl (C=O) groups is 4. The number of hydrogen-bond acceptors (Lipinski definition) is 7. The van der Waals surface area contributed by atoms with Gasteiger partial charge < -0.3 is 9.84 Å². The Hall–Kier alpha value is -3.82. The number of ketones is 2. The van der Waals surface area contributed by atoms with Gasteiger partial charge in [0.15, 0.2) is 12.4 Å². The number of Topliss-reactive ketones (excluding diaryl/α,β-unsaturated/α-hetero) is 2. The van der Waals surface area contributed by atoms with Gasteiger partial charge >= 0.3 is 11.9 Å². The third-order valence-electron chi connectivity index (χ3n) is 7.10. The molecule has 3 rings (SSSR count). The van der Waals surface area contributed by atoms with Gasteiger partial charge in [-0.3, -0.25) is 19.2 Å². The van der Waals surface area contributed by atoms with Gasteiger partial charge in [0, 0.05) is 30.0 Å². The first-order chi connectivity index (χ1) is 20.2. The highest BCUT2D eigenvalue weighted by atomic mass is 35.5. The van der Waals surface area contributed by atoms with Crippen molar-refractivity contribution in [1.29, 1.82) is 0 Å². The molecule has 0 bridgehead atoms. The van der Waals surface area contributed by atoms with Crippen LogP contribution in [0.15, 0.2) is 59.5 Å². The van der Waals surface area contributed by atoms with E-state index in [0.29, 0.717) is 0 Å². The first kappa shape index (κ1) is 33.7. The molecule has 43 heavy (non-hydrogen) atoms. The molecule has 9 nitrogen and oxygen atoms in total. The molecule has 0 fully saturated rings. The Kier molecular flexibility index (Phi) is 11.4. The number of rotatable bonds is 13. The van der Waals surface area contributed by atoms with Crippen molar-refractivity contribution in [2.75, 3.05) is 6.61 Å². The summed E-state index contributed by atoms with van der Waals surface area (Å²) in [6.45, 7) is 7.37. The number of aliphatic carboxylic acids is 1. The smallest absolute Gasteiger partial charge is 0.341 e. The summed E-state index contributed by atoms with van der Waals surface area (Å²) in [5.41, 5.74) is 1.44. The molecule has 1 N–H and O–H groups in total. The van der Waals surface area contributed by atoms with Crippen LogP contribution in [-0.2, 0) is 31.1 Å². The molecule has 0 spiro atoms. The average Bonchev–Trinajstić information content (AvgIpc) is 2.93. The zero-order valence-corrected chi connectivity index (χ0v) is 25.9. The van der Waals surface area contributed by atoms with Gasteiger partial charge in [-0.15, -0.1) is 0 Å². The maximum atomic E-state index is 13.5. The molecule has 2 atom stereocenters. The molecule has 2 aromatic carbocycles. The molecule has 0 amide bonds. The van der Waals surface area contributed by atoms with Crippen molar-refractivity contribution < 1.29 is 29.0 Å². The highest BCUT2D eigenvalue weighted by Crippen LogP contribution is 2.28. The number of ether oxygens (including phenoxy) is 1. The lowest BCUT2D eigenvalue weighted by molar-refractivity contribution is -0.142. The summed E-state index contributed by atoms with van der Waals surface area (Å²) in [6.07, 6.45) is 0.578. The molecule has 0 saturated carbocycles. The third-order valence-corrected chi connectivity index (χ3v) is 7.73. The summed E-state index contributed by atoms with van der Waals surface area (Å²) >= 11 is 12.0. The molecule has 0 unspecified atom stereocenters. The van der Waals surface area contributed by atoms with Crippen molar-refractivity contribution in [3.8, 4) is 0 Å². The molecule has 228 valence electrons. The van der Waals surface area contributed by atoms with Gasteiger partial charge in [-0.2, -0.15) is 5.10 Å². The Morgan fingerprint density at radius 3 is 2.21 bits per heavy atom. The van der Waals surface area contributed by atoms with Crippen LogP contribution in [0.25, 0.3) is 0 Å². The number of benzene rings is 2. The van der Waals surface area contributed by atoms with Crippen molar-refractivity contribution >= 4 is 46.7 Å². The van der Waals surface area contributed by atoms with E-state index in [1.165, 1.54) is 35.1 Å². The van der Waals surface area contributed by atoms with Crippen molar-refractivity contribution in [3.05, 3.63) is 97.4 Å². The molecule has 0 aliphatic rings. The predicted molar refractivity (Wildman–Crippen MR) is 163 cm³/mol. The quantitative estimate of drug-likeness (QED) is 0.233. The molecule has 0 aliphatic heterocycles. The lowest BCUT2D eigenvalue weighted by Gasteiger charge is -2.23. The van der Waals surface area contributed by atoms with Gasteiger partial charge in [0.2, 0.25) is 0 Å². The van der Waals surface area contributed by atoms with E-state index in [4.69, 9.17) is 27.9 Å². The lowest BCUT2D eigenvalue weighted by atomic mass is 9.83. The van der Waals surface area contributed by atoms with Gasteiger partial charge in [-0.05, 0) is 41.2 Å². The van der Waals surface area contributed by atoms with E-state index in [9.17, 15) is 29.1 Å². The van der Waals surface area contributed by atoms with Crippen LogP contribution < -0.4 is 5.56 Å². The predicted octanol–water partition coefficient (Wildman–Crippen LogP) is 5.87. The summed E-state index contributed by atoms with van der Waals surface area (Å²) < 4.78 is 6.37. The van der Waals surface area contributed by atoms with Crippen LogP contribution in [-0.4, -0.2) is 45.0 Å². The number of esters is 1. The fourth-order valence-corrected chi connectivity index (χ4v) is 5.48. The standard InChI is InChI=1S/C32H34Cl2N2O7/c1-5-21(22-13-14-35-36(30(22)41)17-19-9-6-7-10-23(19)32(2,3)4)26(37)15-20(16-28(39)40)27(38)18-43-31(42)29-24(33)11-8-12-25(29)34/h6-14,20-21H,5,15-18H2,1-4H3,(H,39,40)/t20-,21+/m0/s1. The minimum Gasteiger partial charge on any atom is -0.481 e. The molecule has 0 aliphatic carbocycles. The fourth-order valence-electron chi connectivity index (χ4n) is 4.93. The average molecular weight is 630 g/mol. The SMILES string of the molecule is CC[C@@H](C(=O)C[C@@H](CC(=O)O)C(=O)COC(=O)c1c(Cl)cccc1Cl)c1ccnn(Cc2ccccc2C(C)(C)C)c1=O. The molecule has 1 aromatic heterocycles. The maximum absolute atomic E-state index is 13.5. The first-order valence-electron chi connectivity index (χ1n) is 13.8. The highest BCUT2D eigenvalue weighted by molar-refractivity contribution is 6.39. The van der Waals surface area contributed by atoms with Gasteiger partial charge in [0.1, 0.15) is 5.78 Å². The second-order valence-electron chi connectivity index (χ2n) is 11.2. The van der Waals surface area contributed by atoms with Crippen LogP contribution in [0, 0.1) is 5.92 Å². The van der Waals surface area contributed by atoms with Crippen LogP contribution in [0.4, 0.5) is 0 Å². The molecule has 0 radical (unpaired) electrons. The van der Waals surface area contributed by atoms with Gasteiger partial charge in [0.25, 0.3) is 5.56 Å². The monoisotopic (exact) mass is 628 g/mol. The highest BCUT2D eigenvalue weighted by Gasteiger charge is 2.31. The van der Waals surface area contributed by atoms with E-state index in [0.717, 1.165) is 11.1 Å². The van der Waals surface area contributed by atoms with Gasteiger partial charge in [-0.1, -0.05) is 81.2 Å². The lowest BCUT2D eigenvalue weighted by Crippen LogP contribution is -2.32. The van der Waals surface area contributed by atoms with E-state index in [2.05, 4.69) is 25.9 Å². The number of halogens is 2. The minimum absolute atomic E-state index is 0.0258. The summed E-state index contributed by atoms with van der Waals surface area (Å²) in [6, 6.07) is 13.6. The fraction of sp³-hybridized carbons (Fsp3) is 0.375. The molecule has 3 aromatic rings. The molecule has 11 heteroatoms. The topological polar surface area (TPSA) is 133 Å². The number of nitrogens with zero attached hydrogens (tertiary/aromatic N) is 2. The van der Waals surface area contributed by atoms with Crippen LogP contribution in [0.3, 0.4) is 0 Å². The number of carbonyl (C=O) groups excluding carboxylic acids is 3. The zero-order chi connectivity index (χ0) is 31.9. The van der Waals surface area contributed by atoms with Crippen LogP contribution in [0.5, 0.6) is 0 Å². The second-order valence-corrected chi connectivity index (χ2v) is 12.0. The van der Waals surface area contributed by atoms with Crippen molar-refractivity contribution in [3.63, 3.8) is 0 Å². The summed E-state index contributed by atoms with van der Waals surface area (Å²) in [7, 11) is 0. The van der Waals surface area contributed by atoms with Crippen LogP contribution >= 0.6 is 23.2 Å². The molecule has 0 saturated heterocycles. The van der Waals surface area contributed by atoms with E-state index in [1.807, 2.05) is 24.3 Å². The zero-order valence-electron chi connectivity index (χ0n) is 24.4. The number of carboxylic acids is 1. The summed E-state index contributed by atoms with van der Waals surface area (Å²) in [4.78, 5) is 64.0. The van der Waals surface area contributed by atoms with E-state index in [-0.39, 0.29) is 39.6 Å². The number of carboxylic acid groups (broad SMARTS) is 1. The minimum atomic E-state index is -1.30. The summed E-state index contributed by atoms with van der Waals surface area (Å²) in [5, 5.41) is 13.7. The van der Waals surface area contributed by atoms with Gasteiger partial charge in [-0.25, -0.2) is 9.48 Å². The maximum Gasteiger partial charge on any atom is 0.341 e. The van der Waals surface area contributed by atoms with Crippen LogP contribution in [0.1, 0.15) is 79.9 Å². The van der Waals surface area contributed by atoms with Crippen molar-refractivity contribution in [2.45, 2.75) is 64.8 Å². The molecular weight excluding hydrogens is 595 g/mol. The summed E-state index contributed by atoms with van der Waals surface area (Å²) in [5.74, 6) is -5.67. The Morgan fingerprint density at radius 2 is 1.60 bits per heavy atom. The third kappa shape index (κ3) is 8.61. The Balaban J connectivity index is 1.80. The largest absolute Gasteiger partial charge is 0.481 e. The van der Waals surface area contributed by atoms with E-state index < -0.39 is 60.3 Å². The number of aromatic nitrogens is 2. The molecular formula is C32H34Cl2N2O7. The van der Waals surface area contributed by atoms with E-state index >= 15 is 0 Å². The first-order valence-corrected chi connectivity index (χ1v) is 14.5. The number of hydrogen-bond donors (Lipinski definition) is 1. The Labute approximate surface area is 259 Å². The Morgan fingerprint density at radius 1 is 0.953 bits per heavy atom. The Bertz CT molecular complexity index is 1560. The molecule has 1 heterocycles. The van der Waals surface area contributed by atoms with Crippen molar-refractivity contribution in [2.24, 2.45) is 5.92 Å². The van der Waals surface area contributed by atoms with Crippen LogP contribution in [0.2, 0.25) is 10.0 Å². The normalized spacial score (nSPS) is 12.8. The van der Waals surface area contributed by atoms with Crippen molar-refractivity contribution in [1.82, 2.24) is 9.78 Å². The van der Waals surface area contributed by atoms with E-state index in [1.54, 1.807) is 6.92 Å². The second kappa shape index (κ2) is 14.6.